The molecule has 1 rings (SSSR count). The third kappa shape index (κ3) is 4.76. The Bertz CT molecular complexity index is 474. The number of unbranched alkanes of at least 4 members (excludes halogenated alkanes) is 1. The molecule has 0 unspecified atom stereocenters. The lowest BCUT2D eigenvalue weighted by Gasteiger charge is -2.07. The van der Waals surface area contributed by atoms with Crippen molar-refractivity contribution in [2.75, 3.05) is 25.6 Å². The van der Waals surface area contributed by atoms with Crippen molar-refractivity contribution in [3.8, 4) is 0 Å². The fourth-order valence-electron chi connectivity index (χ4n) is 1.47. The summed E-state index contributed by atoms with van der Waals surface area (Å²) in [7, 11) is -2.87. The highest BCUT2D eigenvalue weighted by Gasteiger charge is 2.26. The molecule has 0 aromatic heterocycles. The van der Waals surface area contributed by atoms with E-state index in [1.165, 1.54) is 24.3 Å². The van der Waals surface area contributed by atoms with Gasteiger partial charge in [-0.05, 0) is 37.1 Å². The van der Waals surface area contributed by atoms with Gasteiger partial charge in [-0.25, -0.2) is 8.42 Å². The Morgan fingerprint density at radius 2 is 1.84 bits per heavy atom. The number of sulfone groups is 1. The van der Waals surface area contributed by atoms with Crippen LogP contribution in [-0.4, -0.2) is 34.4 Å². The normalized spacial score (nSPS) is 11.8. The van der Waals surface area contributed by atoms with Crippen LogP contribution in [-0.2, 0) is 14.6 Å². The van der Waals surface area contributed by atoms with E-state index in [4.69, 9.17) is 4.74 Å². The Labute approximate surface area is 111 Å². The van der Waals surface area contributed by atoms with Crippen molar-refractivity contribution in [1.82, 2.24) is 0 Å². The van der Waals surface area contributed by atoms with Gasteiger partial charge in [-0.15, -0.1) is 0 Å². The average molecular weight is 293 g/mol. The van der Waals surface area contributed by atoms with Crippen molar-refractivity contribution < 1.29 is 21.9 Å². The summed E-state index contributed by atoms with van der Waals surface area (Å²) in [6.45, 7) is 1.40. The van der Waals surface area contributed by atoms with Crippen LogP contribution in [0.4, 0.5) is 14.5 Å². The fourth-order valence-corrected chi connectivity index (χ4v) is 2.19. The van der Waals surface area contributed by atoms with E-state index in [1.54, 1.807) is 7.11 Å². The molecular weight excluding hydrogens is 276 g/mol. The van der Waals surface area contributed by atoms with Gasteiger partial charge in [0.2, 0.25) is 9.84 Å². The summed E-state index contributed by atoms with van der Waals surface area (Å²) >= 11 is 0. The van der Waals surface area contributed by atoms with Crippen molar-refractivity contribution in [3.63, 3.8) is 0 Å². The first-order chi connectivity index (χ1) is 8.98. The summed E-state index contributed by atoms with van der Waals surface area (Å²) in [5, 5.41) is 3.07. The number of rotatable bonds is 8. The van der Waals surface area contributed by atoms with Gasteiger partial charge in [-0.1, -0.05) is 0 Å². The lowest BCUT2D eigenvalue weighted by molar-refractivity contribution is 0.194. The maximum Gasteiger partial charge on any atom is 0.341 e. The molecule has 1 N–H and O–H groups in total. The van der Waals surface area contributed by atoms with E-state index in [1.807, 2.05) is 0 Å². The van der Waals surface area contributed by atoms with Gasteiger partial charge in [0, 0.05) is 25.9 Å². The van der Waals surface area contributed by atoms with Crippen LogP contribution in [0.3, 0.4) is 0 Å². The van der Waals surface area contributed by atoms with Gasteiger partial charge < -0.3 is 10.1 Å². The minimum absolute atomic E-state index is 0.368. The minimum atomic E-state index is -4.50. The second kappa shape index (κ2) is 7.40. The monoisotopic (exact) mass is 293 g/mol. The van der Waals surface area contributed by atoms with Gasteiger partial charge in [0.1, 0.15) is 0 Å². The van der Waals surface area contributed by atoms with Crippen molar-refractivity contribution in [1.29, 1.82) is 0 Å². The fraction of sp³-hybridized carbons (Fsp3) is 0.500. The average Bonchev–Trinajstić information content (AvgIpc) is 2.39. The molecule has 108 valence electrons. The van der Waals surface area contributed by atoms with Gasteiger partial charge >= 0.3 is 5.76 Å². The SMILES string of the molecule is COCCCCNc1ccc(S(=O)(=O)C(F)F)cc1. The van der Waals surface area contributed by atoms with Crippen LogP contribution < -0.4 is 5.32 Å². The lowest BCUT2D eigenvalue weighted by Crippen LogP contribution is -2.11. The van der Waals surface area contributed by atoms with Crippen LogP contribution in [0.2, 0.25) is 0 Å². The number of ether oxygens (including phenoxy) is 1. The molecule has 1 aromatic carbocycles. The van der Waals surface area contributed by atoms with Crippen LogP contribution >= 0.6 is 0 Å². The smallest absolute Gasteiger partial charge is 0.341 e. The molecule has 0 saturated carbocycles. The highest BCUT2D eigenvalue weighted by atomic mass is 32.2. The van der Waals surface area contributed by atoms with E-state index in [0.29, 0.717) is 18.8 Å². The first kappa shape index (κ1) is 15.8. The molecule has 0 aliphatic carbocycles. The first-order valence-corrected chi connectivity index (χ1v) is 7.38. The zero-order valence-electron chi connectivity index (χ0n) is 10.6. The van der Waals surface area contributed by atoms with E-state index < -0.39 is 15.6 Å². The standard InChI is InChI=1S/C12H17F2NO3S/c1-18-9-3-2-8-15-10-4-6-11(7-5-10)19(16,17)12(13)14/h4-7,12,15H,2-3,8-9H2,1H3. The topological polar surface area (TPSA) is 55.4 Å². The van der Waals surface area contributed by atoms with E-state index in [2.05, 4.69) is 5.32 Å². The highest BCUT2D eigenvalue weighted by molar-refractivity contribution is 7.91. The Morgan fingerprint density at radius 1 is 1.21 bits per heavy atom. The number of halogens is 2. The molecular formula is C12H17F2NO3S. The van der Waals surface area contributed by atoms with Crippen molar-refractivity contribution in [2.45, 2.75) is 23.5 Å². The number of hydrogen-bond donors (Lipinski definition) is 1. The van der Waals surface area contributed by atoms with E-state index in [9.17, 15) is 17.2 Å². The summed E-state index contributed by atoms with van der Waals surface area (Å²) in [5.74, 6) is -3.39. The molecule has 0 spiro atoms. The molecule has 0 bridgehead atoms. The van der Waals surface area contributed by atoms with Crippen LogP contribution in [0.25, 0.3) is 0 Å². The van der Waals surface area contributed by atoms with E-state index in [-0.39, 0.29) is 4.90 Å². The molecule has 0 heterocycles. The molecule has 0 amide bonds. The second-order valence-corrected chi connectivity index (χ2v) is 5.87. The number of benzene rings is 1. The summed E-state index contributed by atoms with van der Waals surface area (Å²) in [6, 6.07) is 5.31. The van der Waals surface area contributed by atoms with Crippen LogP contribution in [0, 0.1) is 0 Å². The highest BCUT2D eigenvalue weighted by Crippen LogP contribution is 2.20. The molecule has 7 heteroatoms. The Balaban J connectivity index is 2.53. The molecule has 4 nitrogen and oxygen atoms in total. The molecule has 0 fully saturated rings. The minimum Gasteiger partial charge on any atom is -0.385 e. The Morgan fingerprint density at radius 3 is 2.37 bits per heavy atom. The van der Waals surface area contributed by atoms with Crippen molar-refractivity contribution in [3.05, 3.63) is 24.3 Å². The Hall–Kier alpha value is -1.21. The molecule has 0 aliphatic heterocycles. The largest absolute Gasteiger partial charge is 0.385 e. The maximum absolute atomic E-state index is 12.3. The zero-order valence-corrected chi connectivity index (χ0v) is 11.4. The molecule has 19 heavy (non-hydrogen) atoms. The number of nitrogens with one attached hydrogen (secondary N) is 1. The number of alkyl halides is 2. The van der Waals surface area contributed by atoms with Crippen LogP contribution in [0.1, 0.15) is 12.8 Å². The van der Waals surface area contributed by atoms with Crippen molar-refractivity contribution >= 4 is 15.5 Å². The molecule has 0 aliphatic rings. The first-order valence-electron chi connectivity index (χ1n) is 5.83. The third-order valence-corrected chi connectivity index (χ3v) is 3.92. The van der Waals surface area contributed by atoms with Gasteiger partial charge in [-0.3, -0.25) is 0 Å². The van der Waals surface area contributed by atoms with Gasteiger partial charge in [0.05, 0.1) is 4.90 Å². The van der Waals surface area contributed by atoms with Gasteiger partial charge in [-0.2, -0.15) is 8.78 Å². The molecule has 0 atom stereocenters. The summed E-state index contributed by atoms with van der Waals surface area (Å²) in [6.07, 6.45) is 1.83. The molecule has 0 saturated heterocycles. The quantitative estimate of drug-likeness (QED) is 0.748. The van der Waals surface area contributed by atoms with Crippen molar-refractivity contribution in [2.24, 2.45) is 0 Å². The second-order valence-electron chi connectivity index (χ2n) is 3.96. The maximum atomic E-state index is 12.3. The van der Waals surface area contributed by atoms with Crippen LogP contribution in [0.15, 0.2) is 29.2 Å². The third-order valence-electron chi connectivity index (χ3n) is 2.52. The molecule has 1 aromatic rings. The van der Waals surface area contributed by atoms with E-state index in [0.717, 1.165) is 12.8 Å². The number of hydrogen-bond acceptors (Lipinski definition) is 4. The summed E-state index contributed by atoms with van der Waals surface area (Å²) in [4.78, 5) is -0.368. The number of anilines is 1. The summed E-state index contributed by atoms with van der Waals surface area (Å²) < 4.78 is 51.9. The zero-order chi connectivity index (χ0) is 14.3. The predicted molar refractivity (Wildman–Crippen MR) is 69.2 cm³/mol. The lowest BCUT2D eigenvalue weighted by atomic mass is 10.3. The Kier molecular flexibility index (Phi) is 6.17. The molecule has 0 radical (unpaired) electrons. The summed E-state index contributed by atoms with van der Waals surface area (Å²) in [5.41, 5.74) is 0.700. The van der Waals surface area contributed by atoms with E-state index >= 15 is 0 Å². The van der Waals surface area contributed by atoms with Gasteiger partial charge in [0.25, 0.3) is 0 Å². The van der Waals surface area contributed by atoms with Gasteiger partial charge in [0.15, 0.2) is 0 Å². The van der Waals surface area contributed by atoms with Crippen LogP contribution in [0.5, 0.6) is 0 Å². The number of methoxy groups -OCH3 is 1. The predicted octanol–water partition coefficient (Wildman–Crippen LogP) is 2.52.